The second kappa shape index (κ2) is 7.06. The van der Waals surface area contributed by atoms with Crippen LogP contribution in [0.3, 0.4) is 0 Å². The van der Waals surface area contributed by atoms with Crippen LogP contribution in [0, 0.1) is 11.8 Å². The predicted octanol–water partition coefficient (Wildman–Crippen LogP) is 0.676. The molecule has 0 aliphatic carbocycles. The van der Waals surface area contributed by atoms with Crippen LogP contribution in [0.15, 0.2) is 24.3 Å². The molecule has 0 spiro atoms. The summed E-state index contributed by atoms with van der Waals surface area (Å²) >= 11 is 0. The molecule has 3 aliphatic heterocycles. The summed E-state index contributed by atoms with van der Waals surface area (Å²) in [6.07, 6.45) is -0.300. The van der Waals surface area contributed by atoms with Gasteiger partial charge < -0.3 is 21.1 Å². The number of hydrogen-bond donors (Lipinski definition) is 3. The molecule has 5 atom stereocenters. The van der Waals surface area contributed by atoms with Gasteiger partial charge in [-0.2, -0.15) is 0 Å². The maximum atomic E-state index is 13.4. The summed E-state index contributed by atoms with van der Waals surface area (Å²) in [5.41, 5.74) is 5.78. The Bertz CT molecular complexity index is 901. The highest BCUT2D eigenvalue weighted by atomic mass is 16.3. The van der Waals surface area contributed by atoms with E-state index in [4.69, 9.17) is 5.73 Å². The normalized spacial score (nSPS) is 30.7. The first-order valence-corrected chi connectivity index (χ1v) is 10.6. The van der Waals surface area contributed by atoms with Gasteiger partial charge in [0.25, 0.3) is 5.91 Å². The molecule has 3 aliphatic rings. The topological polar surface area (TPSA) is 116 Å². The van der Waals surface area contributed by atoms with Crippen molar-refractivity contribution in [2.75, 3.05) is 4.90 Å². The Labute approximate surface area is 176 Å². The summed E-state index contributed by atoms with van der Waals surface area (Å²) in [6, 6.07) is 4.81. The molecule has 162 valence electrons. The number of hydrogen-bond acceptors (Lipinski definition) is 5. The number of anilines is 1. The third-order valence-corrected chi connectivity index (χ3v) is 6.43. The molecule has 8 nitrogen and oxygen atoms in total. The SMILES string of the molecule is CC(C)CC(N)C(=O)NC1CC2(O)c3ccccc3N3C(=O)C(C(C)C)N(C1=O)C32. The lowest BCUT2D eigenvalue weighted by atomic mass is 9.81. The number of nitrogens with one attached hydrogen (secondary N) is 1. The van der Waals surface area contributed by atoms with Crippen LogP contribution in [-0.4, -0.2) is 52.0 Å². The fourth-order valence-electron chi connectivity index (χ4n) is 5.21. The Balaban J connectivity index is 1.73. The zero-order valence-corrected chi connectivity index (χ0v) is 17.8. The lowest BCUT2D eigenvalue weighted by Gasteiger charge is -2.45. The Morgan fingerprint density at radius 2 is 1.90 bits per heavy atom. The average Bonchev–Trinajstić information content (AvgIpc) is 3.12. The fraction of sp³-hybridized carbons (Fsp3) is 0.591. The molecule has 0 saturated carbocycles. The molecule has 3 amide bonds. The molecular formula is C22H30N4O4. The number of benzene rings is 1. The predicted molar refractivity (Wildman–Crippen MR) is 111 cm³/mol. The molecule has 1 aromatic rings. The average molecular weight is 415 g/mol. The second-order valence-electron chi connectivity index (χ2n) is 9.46. The zero-order chi connectivity index (χ0) is 22.0. The zero-order valence-electron chi connectivity index (χ0n) is 17.8. The van der Waals surface area contributed by atoms with Crippen molar-refractivity contribution in [1.82, 2.24) is 10.2 Å². The van der Waals surface area contributed by atoms with Gasteiger partial charge in [-0.25, -0.2) is 0 Å². The molecule has 0 bridgehead atoms. The summed E-state index contributed by atoms with van der Waals surface area (Å²) in [4.78, 5) is 42.4. The molecule has 3 heterocycles. The largest absolute Gasteiger partial charge is 0.381 e. The molecule has 4 N–H and O–H groups in total. The maximum Gasteiger partial charge on any atom is 0.251 e. The number of nitrogens with two attached hydrogens (primary N) is 1. The van der Waals surface area contributed by atoms with Gasteiger partial charge in [-0.15, -0.1) is 0 Å². The molecule has 4 rings (SSSR count). The van der Waals surface area contributed by atoms with Crippen molar-refractivity contribution >= 4 is 23.4 Å². The molecule has 30 heavy (non-hydrogen) atoms. The molecule has 2 fully saturated rings. The minimum absolute atomic E-state index is 0.00124. The number of amides is 3. The number of rotatable bonds is 5. The first-order chi connectivity index (χ1) is 14.1. The summed E-state index contributed by atoms with van der Waals surface area (Å²) in [6.45, 7) is 7.70. The van der Waals surface area contributed by atoms with Crippen molar-refractivity contribution in [2.24, 2.45) is 17.6 Å². The second-order valence-corrected chi connectivity index (χ2v) is 9.46. The van der Waals surface area contributed by atoms with E-state index in [1.54, 1.807) is 23.1 Å². The lowest BCUT2D eigenvalue weighted by molar-refractivity contribution is -0.159. The van der Waals surface area contributed by atoms with Crippen LogP contribution in [0.2, 0.25) is 0 Å². The third kappa shape index (κ3) is 2.85. The Kier molecular flexibility index (Phi) is 4.90. The van der Waals surface area contributed by atoms with Gasteiger partial charge in [-0.3, -0.25) is 19.3 Å². The van der Waals surface area contributed by atoms with Crippen molar-refractivity contribution in [3.05, 3.63) is 29.8 Å². The maximum absolute atomic E-state index is 13.4. The van der Waals surface area contributed by atoms with Crippen molar-refractivity contribution in [2.45, 2.75) is 70.4 Å². The van der Waals surface area contributed by atoms with Crippen LogP contribution in [0.5, 0.6) is 0 Å². The van der Waals surface area contributed by atoms with Crippen LogP contribution in [-0.2, 0) is 20.0 Å². The van der Waals surface area contributed by atoms with E-state index in [-0.39, 0.29) is 30.1 Å². The first-order valence-electron chi connectivity index (χ1n) is 10.6. The van der Waals surface area contributed by atoms with Gasteiger partial charge in [0.2, 0.25) is 11.8 Å². The van der Waals surface area contributed by atoms with E-state index in [1.165, 1.54) is 4.90 Å². The van der Waals surface area contributed by atoms with Crippen LogP contribution in [0.25, 0.3) is 0 Å². The van der Waals surface area contributed by atoms with Crippen molar-refractivity contribution in [3.63, 3.8) is 0 Å². The molecule has 2 saturated heterocycles. The molecule has 1 aromatic carbocycles. The third-order valence-electron chi connectivity index (χ3n) is 6.43. The minimum Gasteiger partial charge on any atom is -0.381 e. The van der Waals surface area contributed by atoms with Crippen LogP contribution < -0.4 is 16.0 Å². The van der Waals surface area contributed by atoms with Gasteiger partial charge in [-0.1, -0.05) is 45.9 Å². The van der Waals surface area contributed by atoms with Gasteiger partial charge in [0, 0.05) is 12.0 Å². The molecule has 8 heteroatoms. The van der Waals surface area contributed by atoms with Crippen molar-refractivity contribution in [3.8, 4) is 0 Å². The first kappa shape index (κ1) is 20.8. The standard InChI is InChI=1S/C22H30N4O4/c1-11(2)9-14(23)18(27)24-15-10-22(30)13-7-5-6-8-16(13)25-20(29)17(12(3)4)26(19(15)28)21(22)25/h5-8,11-12,14-15,17,21,30H,9-10,23H2,1-4H3,(H,24,27). The van der Waals surface area contributed by atoms with E-state index in [0.29, 0.717) is 17.7 Å². The van der Waals surface area contributed by atoms with Gasteiger partial charge in [0.05, 0.1) is 11.7 Å². The molecule has 0 radical (unpaired) electrons. The number of aliphatic hydroxyl groups is 1. The Morgan fingerprint density at radius 1 is 1.23 bits per heavy atom. The van der Waals surface area contributed by atoms with E-state index in [0.717, 1.165) is 0 Å². The number of piperidine rings is 1. The highest BCUT2D eigenvalue weighted by Crippen LogP contribution is 2.54. The Morgan fingerprint density at radius 3 is 2.53 bits per heavy atom. The van der Waals surface area contributed by atoms with Gasteiger partial charge in [0.15, 0.2) is 0 Å². The van der Waals surface area contributed by atoms with Crippen LogP contribution in [0.1, 0.15) is 46.1 Å². The quantitative estimate of drug-likeness (QED) is 0.655. The molecule has 0 aromatic heterocycles. The Hall–Kier alpha value is -2.45. The number of nitrogens with zero attached hydrogens (tertiary/aromatic N) is 2. The highest BCUT2D eigenvalue weighted by Gasteiger charge is 2.67. The van der Waals surface area contributed by atoms with Crippen LogP contribution >= 0.6 is 0 Å². The molecular weight excluding hydrogens is 384 g/mol. The minimum atomic E-state index is -1.45. The van der Waals surface area contributed by atoms with Crippen molar-refractivity contribution in [1.29, 1.82) is 0 Å². The summed E-state index contributed by atoms with van der Waals surface area (Å²) in [5.74, 6) is -0.870. The monoisotopic (exact) mass is 414 g/mol. The molecule has 5 unspecified atom stereocenters. The highest BCUT2D eigenvalue weighted by molar-refractivity contribution is 6.07. The van der Waals surface area contributed by atoms with E-state index < -0.39 is 35.8 Å². The van der Waals surface area contributed by atoms with Gasteiger partial charge >= 0.3 is 0 Å². The van der Waals surface area contributed by atoms with Crippen LogP contribution in [0.4, 0.5) is 5.69 Å². The smallest absolute Gasteiger partial charge is 0.251 e. The van der Waals surface area contributed by atoms with E-state index >= 15 is 0 Å². The number of para-hydroxylation sites is 1. The fourth-order valence-corrected chi connectivity index (χ4v) is 5.21. The van der Waals surface area contributed by atoms with Gasteiger partial charge in [0.1, 0.15) is 23.9 Å². The lowest BCUT2D eigenvalue weighted by Crippen LogP contribution is -2.66. The number of fused-ring (bicyclic) bond motifs is 3. The number of carbonyl (C=O) groups is 3. The number of carbonyl (C=O) groups excluding carboxylic acids is 3. The van der Waals surface area contributed by atoms with Gasteiger partial charge in [-0.05, 0) is 24.3 Å². The van der Waals surface area contributed by atoms with Crippen molar-refractivity contribution < 1.29 is 19.5 Å². The summed E-state index contributed by atoms with van der Waals surface area (Å²) in [5, 5.41) is 14.5. The van der Waals surface area contributed by atoms with E-state index in [9.17, 15) is 19.5 Å². The van der Waals surface area contributed by atoms with E-state index in [2.05, 4.69) is 5.32 Å². The summed E-state index contributed by atoms with van der Waals surface area (Å²) < 4.78 is 0. The van der Waals surface area contributed by atoms with E-state index in [1.807, 2.05) is 33.8 Å². The summed E-state index contributed by atoms with van der Waals surface area (Å²) in [7, 11) is 0.